The molecule has 0 saturated heterocycles. The number of phenols is 1. The molecule has 1 N–H and O–H groups in total. The molecule has 2 aromatic rings. The number of benzene rings is 1. The second-order valence-electron chi connectivity index (χ2n) is 5.06. The van der Waals surface area contributed by atoms with Crippen molar-refractivity contribution < 1.29 is 9.90 Å². The number of rotatable bonds is 2. The number of hydrogen-bond donors (Lipinski definition) is 1. The molecule has 1 aromatic carbocycles. The molecule has 1 amide bonds. The molecule has 1 aliphatic heterocycles. The Morgan fingerprint density at radius 3 is 3.00 bits per heavy atom. The van der Waals surface area contributed by atoms with Crippen LogP contribution in [0.15, 0.2) is 29.6 Å². The molecule has 0 saturated carbocycles. The third kappa shape index (κ3) is 2.31. The monoisotopic (exact) mass is 287 g/mol. The van der Waals surface area contributed by atoms with Gasteiger partial charge < -0.3 is 10.0 Å². The second kappa shape index (κ2) is 5.29. The van der Waals surface area contributed by atoms with Crippen LogP contribution in [0.2, 0.25) is 0 Å². The third-order valence-electron chi connectivity index (χ3n) is 3.81. The summed E-state index contributed by atoms with van der Waals surface area (Å²) >= 11 is 1.52. The van der Waals surface area contributed by atoms with Gasteiger partial charge in [-0.25, -0.2) is 0 Å². The van der Waals surface area contributed by atoms with Crippen molar-refractivity contribution in [1.29, 1.82) is 0 Å². The average Bonchev–Trinajstić information content (AvgIpc) is 2.94. The first-order valence-electron chi connectivity index (χ1n) is 6.85. The average molecular weight is 287 g/mol. The Hall–Kier alpha value is -1.81. The maximum absolute atomic E-state index is 12.6. The molecule has 0 spiro atoms. The first kappa shape index (κ1) is 13.2. The second-order valence-corrected chi connectivity index (χ2v) is 5.97. The van der Waals surface area contributed by atoms with Crippen molar-refractivity contribution in [3.63, 3.8) is 0 Å². The first-order chi connectivity index (χ1) is 9.69. The molecule has 3 nitrogen and oxygen atoms in total. The highest BCUT2D eigenvalue weighted by atomic mass is 32.1. The van der Waals surface area contributed by atoms with Crippen molar-refractivity contribution in [3.8, 4) is 5.75 Å². The van der Waals surface area contributed by atoms with E-state index in [9.17, 15) is 9.90 Å². The van der Waals surface area contributed by atoms with E-state index in [1.54, 1.807) is 12.1 Å². The van der Waals surface area contributed by atoms with Crippen LogP contribution in [0.3, 0.4) is 0 Å². The summed E-state index contributed by atoms with van der Waals surface area (Å²) < 4.78 is 0. The van der Waals surface area contributed by atoms with Gasteiger partial charge in [0.2, 0.25) is 0 Å². The van der Waals surface area contributed by atoms with Crippen LogP contribution in [0.4, 0.5) is 0 Å². The van der Waals surface area contributed by atoms with Gasteiger partial charge in [-0.3, -0.25) is 4.79 Å². The van der Waals surface area contributed by atoms with Gasteiger partial charge in [0.25, 0.3) is 5.91 Å². The Balaban J connectivity index is 1.85. The molecule has 0 fully saturated rings. The van der Waals surface area contributed by atoms with E-state index >= 15 is 0 Å². The summed E-state index contributed by atoms with van der Waals surface area (Å²) in [7, 11) is 0. The molecule has 0 unspecified atom stereocenters. The molecule has 104 valence electrons. The molecule has 2 heterocycles. The summed E-state index contributed by atoms with van der Waals surface area (Å²) in [6.45, 7) is 3.41. The summed E-state index contributed by atoms with van der Waals surface area (Å²) in [5.41, 5.74) is 3.41. The van der Waals surface area contributed by atoms with Gasteiger partial charge in [-0.15, -0.1) is 11.3 Å². The first-order valence-corrected chi connectivity index (χ1v) is 7.73. The number of hydrogen-bond acceptors (Lipinski definition) is 3. The van der Waals surface area contributed by atoms with E-state index in [-0.39, 0.29) is 11.7 Å². The van der Waals surface area contributed by atoms with Crippen LogP contribution < -0.4 is 0 Å². The zero-order valence-electron chi connectivity index (χ0n) is 11.4. The summed E-state index contributed by atoms with van der Waals surface area (Å²) in [6, 6.07) is 7.46. The fourth-order valence-corrected chi connectivity index (χ4v) is 3.62. The van der Waals surface area contributed by atoms with Gasteiger partial charge in [0.05, 0.1) is 4.88 Å². The smallest absolute Gasteiger partial charge is 0.264 e. The predicted octanol–water partition coefficient (Wildman–Crippen LogP) is 3.21. The van der Waals surface area contributed by atoms with Gasteiger partial charge in [0.15, 0.2) is 0 Å². The molecule has 20 heavy (non-hydrogen) atoms. The fraction of sp³-hybridized carbons (Fsp3) is 0.312. The number of thiophene rings is 1. The highest BCUT2D eigenvalue weighted by Crippen LogP contribution is 2.26. The van der Waals surface area contributed by atoms with Crippen LogP contribution in [0.5, 0.6) is 5.75 Å². The standard InChI is InChI=1S/C16H17NO2S/c1-2-11-6-8-20-15(11)16(19)17-7-5-12-3-4-14(18)9-13(12)10-17/h3-4,6,8-9,18H,2,5,7,10H2,1H3. The van der Waals surface area contributed by atoms with E-state index in [0.29, 0.717) is 6.54 Å². The van der Waals surface area contributed by atoms with Crippen molar-refractivity contribution in [2.75, 3.05) is 6.54 Å². The summed E-state index contributed by atoms with van der Waals surface area (Å²) in [5, 5.41) is 11.6. The molecular formula is C16H17NO2S. The quantitative estimate of drug-likeness (QED) is 0.921. The van der Waals surface area contributed by atoms with Gasteiger partial charge >= 0.3 is 0 Å². The molecule has 4 heteroatoms. The van der Waals surface area contributed by atoms with Gasteiger partial charge in [-0.2, -0.15) is 0 Å². The Kier molecular flexibility index (Phi) is 3.49. The molecule has 0 bridgehead atoms. The topological polar surface area (TPSA) is 40.5 Å². The third-order valence-corrected chi connectivity index (χ3v) is 4.76. The fourth-order valence-electron chi connectivity index (χ4n) is 2.66. The van der Waals surface area contributed by atoms with E-state index in [4.69, 9.17) is 0 Å². The number of aryl methyl sites for hydroxylation is 1. The Bertz CT molecular complexity index is 648. The normalized spacial score (nSPS) is 14.2. The van der Waals surface area contributed by atoms with Gasteiger partial charge in [-0.05, 0) is 53.1 Å². The predicted molar refractivity (Wildman–Crippen MR) is 80.2 cm³/mol. The number of phenolic OH excluding ortho intramolecular Hbond substituents is 1. The van der Waals surface area contributed by atoms with E-state index in [2.05, 4.69) is 6.92 Å². The number of amides is 1. The lowest BCUT2D eigenvalue weighted by Gasteiger charge is -2.29. The molecule has 0 atom stereocenters. The lowest BCUT2D eigenvalue weighted by Crippen LogP contribution is -2.35. The maximum Gasteiger partial charge on any atom is 0.264 e. The van der Waals surface area contributed by atoms with Crippen LogP contribution in [-0.2, 0) is 19.4 Å². The summed E-state index contributed by atoms with van der Waals surface area (Å²) in [5.74, 6) is 0.384. The minimum Gasteiger partial charge on any atom is -0.508 e. The van der Waals surface area contributed by atoms with E-state index < -0.39 is 0 Å². The van der Waals surface area contributed by atoms with E-state index in [1.165, 1.54) is 16.9 Å². The van der Waals surface area contributed by atoms with Crippen molar-refractivity contribution in [1.82, 2.24) is 4.90 Å². The minimum atomic E-state index is 0.117. The van der Waals surface area contributed by atoms with Crippen LogP contribution in [-0.4, -0.2) is 22.5 Å². The van der Waals surface area contributed by atoms with E-state index in [1.807, 2.05) is 22.4 Å². The molecule has 0 radical (unpaired) electrons. The maximum atomic E-state index is 12.6. The van der Waals surface area contributed by atoms with Crippen molar-refractivity contribution in [3.05, 3.63) is 51.2 Å². The SMILES string of the molecule is CCc1ccsc1C(=O)N1CCc2ccc(O)cc2C1. The Labute approximate surface area is 122 Å². The van der Waals surface area contributed by atoms with Crippen molar-refractivity contribution >= 4 is 17.2 Å². The zero-order chi connectivity index (χ0) is 14.1. The highest BCUT2D eigenvalue weighted by molar-refractivity contribution is 7.12. The zero-order valence-corrected chi connectivity index (χ0v) is 12.2. The Morgan fingerprint density at radius 1 is 1.35 bits per heavy atom. The van der Waals surface area contributed by atoms with Crippen LogP contribution in [0.1, 0.15) is 33.3 Å². The molecule has 1 aromatic heterocycles. The molecule has 0 aliphatic carbocycles. The van der Waals surface area contributed by atoms with Gasteiger partial charge in [0, 0.05) is 13.1 Å². The highest BCUT2D eigenvalue weighted by Gasteiger charge is 2.24. The van der Waals surface area contributed by atoms with Gasteiger partial charge in [-0.1, -0.05) is 13.0 Å². The number of fused-ring (bicyclic) bond motifs is 1. The number of carbonyl (C=O) groups is 1. The van der Waals surface area contributed by atoms with Crippen molar-refractivity contribution in [2.45, 2.75) is 26.3 Å². The molecule has 1 aliphatic rings. The lowest BCUT2D eigenvalue weighted by atomic mass is 9.99. The number of aromatic hydroxyl groups is 1. The molecule has 3 rings (SSSR count). The summed E-state index contributed by atoms with van der Waals surface area (Å²) in [6.07, 6.45) is 1.74. The van der Waals surface area contributed by atoms with Crippen LogP contribution >= 0.6 is 11.3 Å². The lowest BCUT2D eigenvalue weighted by molar-refractivity contribution is 0.0738. The van der Waals surface area contributed by atoms with Crippen LogP contribution in [0, 0.1) is 0 Å². The van der Waals surface area contributed by atoms with Crippen LogP contribution in [0.25, 0.3) is 0 Å². The molecular weight excluding hydrogens is 270 g/mol. The minimum absolute atomic E-state index is 0.117. The van der Waals surface area contributed by atoms with Gasteiger partial charge in [0.1, 0.15) is 5.75 Å². The number of carbonyl (C=O) groups excluding carboxylic acids is 1. The van der Waals surface area contributed by atoms with Crippen molar-refractivity contribution in [2.24, 2.45) is 0 Å². The number of nitrogens with zero attached hydrogens (tertiary/aromatic N) is 1. The largest absolute Gasteiger partial charge is 0.508 e. The Morgan fingerprint density at radius 2 is 2.20 bits per heavy atom. The van der Waals surface area contributed by atoms with E-state index in [0.717, 1.165) is 35.4 Å². The summed E-state index contributed by atoms with van der Waals surface area (Å²) in [4.78, 5) is 15.3.